The largest absolute Gasteiger partial charge is 0.481 e. The summed E-state index contributed by atoms with van der Waals surface area (Å²) >= 11 is 0. The number of rotatable bonds is 5. The summed E-state index contributed by atoms with van der Waals surface area (Å²) in [4.78, 5) is 18.3. The number of aromatic nitrogens is 1. The van der Waals surface area contributed by atoms with Crippen LogP contribution in [-0.2, 0) is 17.8 Å². The van der Waals surface area contributed by atoms with Gasteiger partial charge in [0.2, 0.25) is 5.88 Å². The summed E-state index contributed by atoms with van der Waals surface area (Å²) in [6, 6.07) is 13.7. The maximum Gasteiger partial charge on any atom is 0.410 e. The van der Waals surface area contributed by atoms with Crippen LogP contribution in [0.25, 0.3) is 0 Å². The van der Waals surface area contributed by atoms with Crippen molar-refractivity contribution in [2.75, 3.05) is 20.2 Å². The molecule has 0 bridgehead atoms. The first-order valence-electron chi connectivity index (χ1n) is 8.69. The molecule has 5 heteroatoms. The highest BCUT2D eigenvalue weighted by Gasteiger charge is 2.24. The molecule has 0 spiro atoms. The van der Waals surface area contributed by atoms with Crippen LogP contribution in [-0.4, -0.2) is 36.2 Å². The fraction of sp³-hybridized carbons (Fsp3) is 0.400. The van der Waals surface area contributed by atoms with E-state index in [0.29, 0.717) is 18.4 Å². The quantitative estimate of drug-likeness (QED) is 0.833. The third-order valence-corrected chi connectivity index (χ3v) is 4.61. The number of pyridine rings is 1. The molecule has 1 aromatic heterocycles. The monoisotopic (exact) mass is 340 g/mol. The van der Waals surface area contributed by atoms with E-state index in [1.54, 1.807) is 7.11 Å². The fourth-order valence-electron chi connectivity index (χ4n) is 3.12. The third kappa shape index (κ3) is 4.95. The fourth-order valence-corrected chi connectivity index (χ4v) is 3.12. The molecular formula is C20H24N2O3. The highest BCUT2D eigenvalue weighted by atomic mass is 16.6. The topological polar surface area (TPSA) is 51.7 Å². The van der Waals surface area contributed by atoms with Crippen molar-refractivity contribution in [2.45, 2.75) is 25.9 Å². The van der Waals surface area contributed by atoms with E-state index in [2.05, 4.69) is 11.1 Å². The van der Waals surface area contributed by atoms with E-state index in [1.165, 1.54) is 5.56 Å². The highest BCUT2D eigenvalue weighted by molar-refractivity contribution is 5.67. The molecule has 0 N–H and O–H groups in total. The number of benzene rings is 1. The average Bonchev–Trinajstić information content (AvgIpc) is 2.68. The summed E-state index contributed by atoms with van der Waals surface area (Å²) in [5.41, 5.74) is 2.23. The molecule has 3 rings (SSSR count). The summed E-state index contributed by atoms with van der Waals surface area (Å²) in [5.74, 6) is 1.22. The number of carbonyl (C=O) groups excluding carboxylic acids is 1. The van der Waals surface area contributed by atoms with Gasteiger partial charge in [-0.25, -0.2) is 9.78 Å². The zero-order chi connectivity index (χ0) is 17.5. The zero-order valence-corrected chi connectivity index (χ0v) is 14.6. The summed E-state index contributed by atoms with van der Waals surface area (Å²) in [6.07, 6.45) is 4.63. The molecule has 2 aromatic rings. The van der Waals surface area contributed by atoms with Gasteiger partial charge in [-0.1, -0.05) is 36.4 Å². The number of likely N-dealkylation sites (tertiary alicyclic amines) is 1. The van der Waals surface area contributed by atoms with Crippen molar-refractivity contribution in [1.29, 1.82) is 0 Å². The molecule has 1 aromatic carbocycles. The lowest BCUT2D eigenvalue weighted by Gasteiger charge is -2.31. The van der Waals surface area contributed by atoms with Gasteiger partial charge < -0.3 is 14.4 Å². The van der Waals surface area contributed by atoms with Gasteiger partial charge in [-0.05, 0) is 36.3 Å². The van der Waals surface area contributed by atoms with Crippen LogP contribution >= 0.6 is 0 Å². The zero-order valence-electron chi connectivity index (χ0n) is 14.6. The van der Waals surface area contributed by atoms with Crippen LogP contribution in [0.5, 0.6) is 5.88 Å². The Kier molecular flexibility index (Phi) is 5.88. The van der Waals surface area contributed by atoms with Crippen LogP contribution in [0.15, 0.2) is 48.7 Å². The van der Waals surface area contributed by atoms with Crippen molar-refractivity contribution >= 4 is 6.09 Å². The molecule has 1 saturated heterocycles. The van der Waals surface area contributed by atoms with Crippen molar-refractivity contribution in [1.82, 2.24) is 9.88 Å². The average molecular weight is 340 g/mol. The van der Waals surface area contributed by atoms with Crippen LogP contribution < -0.4 is 4.74 Å². The van der Waals surface area contributed by atoms with Gasteiger partial charge >= 0.3 is 6.09 Å². The predicted molar refractivity (Wildman–Crippen MR) is 95.4 cm³/mol. The first kappa shape index (κ1) is 17.3. The molecule has 25 heavy (non-hydrogen) atoms. The van der Waals surface area contributed by atoms with E-state index in [0.717, 1.165) is 37.9 Å². The summed E-state index contributed by atoms with van der Waals surface area (Å²) in [5, 5.41) is 0. The Labute approximate surface area is 148 Å². The smallest absolute Gasteiger partial charge is 0.410 e. The standard InChI is InChI=1S/C20H24N2O3/c1-24-19-8-7-18(14-21-19)13-16-9-11-22(12-10-16)20(23)25-15-17-5-3-2-4-6-17/h2-8,14,16H,9-13,15H2,1H3. The molecule has 1 aliphatic rings. The summed E-state index contributed by atoms with van der Waals surface area (Å²) in [7, 11) is 1.62. The third-order valence-electron chi connectivity index (χ3n) is 4.61. The number of piperidine rings is 1. The van der Waals surface area contributed by atoms with Gasteiger partial charge in [-0.3, -0.25) is 0 Å². The van der Waals surface area contributed by atoms with E-state index >= 15 is 0 Å². The lowest BCUT2D eigenvalue weighted by atomic mass is 9.91. The number of hydrogen-bond donors (Lipinski definition) is 0. The molecule has 132 valence electrons. The van der Waals surface area contributed by atoms with Crippen molar-refractivity contribution in [3.63, 3.8) is 0 Å². The van der Waals surface area contributed by atoms with Gasteiger partial charge in [-0.2, -0.15) is 0 Å². The van der Waals surface area contributed by atoms with Crippen LogP contribution in [0, 0.1) is 5.92 Å². The molecule has 0 aliphatic carbocycles. The van der Waals surface area contributed by atoms with Gasteiger partial charge in [0.05, 0.1) is 7.11 Å². The number of nitrogens with zero attached hydrogens (tertiary/aromatic N) is 2. The second-order valence-electron chi connectivity index (χ2n) is 6.38. The van der Waals surface area contributed by atoms with E-state index in [4.69, 9.17) is 9.47 Å². The van der Waals surface area contributed by atoms with Crippen molar-refractivity contribution in [2.24, 2.45) is 5.92 Å². The Bertz CT molecular complexity index is 665. The number of amides is 1. The molecule has 0 unspecified atom stereocenters. The summed E-state index contributed by atoms with van der Waals surface area (Å²) in [6.45, 7) is 1.83. The summed E-state index contributed by atoms with van der Waals surface area (Å²) < 4.78 is 10.5. The van der Waals surface area contributed by atoms with Crippen molar-refractivity contribution < 1.29 is 14.3 Å². The maximum atomic E-state index is 12.2. The van der Waals surface area contributed by atoms with Crippen LogP contribution in [0.2, 0.25) is 0 Å². The Morgan fingerprint density at radius 1 is 1.12 bits per heavy atom. The number of ether oxygens (including phenoxy) is 2. The molecular weight excluding hydrogens is 316 g/mol. The van der Waals surface area contributed by atoms with E-state index in [1.807, 2.05) is 47.5 Å². The number of hydrogen-bond acceptors (Lipinski definition) is 4. The minimum absolute atomic E-state index is 0.214. The Hall–Kier alpha value is -2.56. The van der Waals surface area contributed by atoms with Gasteiger partial charge in [0, 0.05) is 25.4 Å². The second kappa shape index (κ2) is 8.51. The molecule has 5 nitrogen and oxygen atoms in total. The molecule has 0 atom stereocenters. The Balaban J connectivity index is 1.42. The Morgan fingerprint density at radius 3 is 2.52 bits per heavy atom. The van der Waals surface area contributed by atoms with Crippen LogP contribution in [0.3, 0.4) is 0 Å². The van der Waals surface area contributed by atoms with Gasteiger partial charge in [0.1, 0.15) is 6.61 Å². The van der Waals surface area contributed by atoms with Gasteiger partial charge in [0.25, 0.3) is 0 Å². The van der Waals surface area contributed by atoms with Crippen molar-refractivity contribution in [3.05, 3.63) is 59.8 Å². The SMILES string of the molecule is COc1ccc(CC2CCN(C(=O)OCc3ccccc3)CC2)cn1. The predicted octanol–water partition coefficient (Wildman–Crippen LogP) is 3.68. The lowest BCUT2D eigenvalue weighted by Crippen LogP contribution is -2.39. The highest BCUT2D eigenvalue weighted by Crippen LogP contribution is 2.22. The van der Waals surface area contributed by atoms with E-state index < -0.39 is 0 Å². The lowest BCUT2D eigenvalue weighted by molar-refractivity contribution is 0.0823. The number of carbonyl (C=O) groups is 1. The minimum atomic E-state index is -0.214. The number of methoxy groups -OCH3 is 1. The first-order valence-corrected chi connectivity index (χ1v) is 8.69. The molecule has 2 heterocycles. The van der Waals surface area contributed by atoms with E-state index in [9.17, 15) is 4.79 Å². The van der Waals surface area contributed by atoms with Crippen LogP contribution in [0.4, 0.5) is 4.79 Å². The maximum absolute atomic E-state index is 12.2. The molecule has 1 fully saturated rings. The van der Waals surface area contributed by atoms with Crippen LogP contribution in [0.1, 0.15) is 24.0 Å². The van der Waals surface area contributed by atoms with E-state index in [-0.39, 0.29) is 6.09 Å². The second-order valence-corrected chi connectivity index (χ2v) is 6.38. The minimum Gasteiger partial charge on any atom is -0.481 e. The van der Waals surface area contributed by atoms with Gasteiger partial charge in [-0.15, -0.1) is 0 Å². The van der Waals surface area contributed by atoms with Crippen molar-refractivity contribution in [3.8, 4) is 5.88 Å². The normalized spacial score (nSPS) is 15.0. The molecule has 0 saturated carbocycles. The Morgan fingerprint density at radius 2 is 1.88 bits per heavy atom. The molecule has 1 aliphatic heterocycles. The molecule has 0 radical (unpaired) electrons. The molecule has 1 amide bonds. The van der Waals surface area contributed by atoms with Gasteiger partial charge in [0.15, 0.2) is 0 Å². The first-order chi connectivity index (χ1) is 12.2.